The Labute approximate surface area is 216 Å². The molecule has 38 heavy (non-hydrogen) atoms. The Morgan fingerprint density at radius 2 is 1.63 bits per heavy atom. The highest BCUT2D eigenvalue weighted by atomic mass is 32.2. The molecule has 3 aromatic rings. The molecule has 15 nitrogen and oxygen atoms in total. The molecule has 0 atom stereocenters. The molecule has 0 aliphatic heterocycles. The first-order valence-corrected chi connectivity index (χ1v) is 14.7. The zero-order chi connectivity index (χ0) is 28.5. The number of carbonyl (C=O) groups excluding carboxylic acids is 1. The van der Waals surface area contributed by atoms with E-state index in [1.165, 1.54) is 18.2 Å². The number of nitrogens with two attached hydrogens (primary N) is 1. The van der Waals surface area contributed by atoms with Gasteiger partial charge in [-0.25, -0.2) is 13.1 Å². The van der Waals surface area contributed by atoms with Crippen molar-refractivity contribution < 1.29 is 44.3 Å². The van der Waals surface area contributed by atoms with Crippen LogP contribution in [0.4, 0.5) is 17.1 Å². The summed E-state index contributed by atoms with van der Waals surface area (Å²) in [4.78, 5) is 9.72. The fourth-order valence-electron chi connectivity index (χ4n) is 3.29. The molecule has 1 amide bonds. The first-order chi connectivity index (χ1) is 17.5. The van der Waals surface area contributed by atoms with Crippen LogP contribution in [0.5, 0.6) is 5.75 Å². The van der Waals surface area contributed by atoms with Gasteiger partial charge in [-0.05, 0) is 41.8 Å². The van der Waals surface area contributed by atoms with Crippen molar-refractivity contribution in [2.24, 2.45) is 16.0 Å². The zero-order valence-corrected chi connectivity index (χ0v) is 21.8. The van der Waals surface area contributed by atoms with E-state index in [0.717, 1.165) is 31.2 Å². The number of aromatic hydroxyl groups is 1. The quantitative estimate of drug-likeness (QED) is 0.155. The maximum atomic E-state index is 12.3. The Morgan fingerprint density at radius 1 is 0.947 bits per heavy atom. The van der Waals surface area contributed by atoms with Crippen LogP contribution in [0.15, 0.2) is 67.4 Å². The van der Waals surface area contributed by atoms with Crippen LogP contribution in [0.1, 0.15) is 6.92 Å². The highest BCUT2D eigenvalue weighted by Crippen LogP contribution is 2.45. The highest BCUT2D eigenvalue weighted by molar-refractivity contribution is 7.89. The number of phenols is 1. The molecule has 0 aliphatic carbocycles. The van der Waals surface area contributed by atoms with Crippen LogP contribution >= 0.6 is 0 Å². The molecule has 0 spiro atoms. The molecule has 0 aliphatic rings. The molecule has 3 rings (SSSR count). The molecule has 0 radical (unpaired) electrons. The number of rotatable bonds is 9. The topological polar surface area (TPSA) is 255 Å². The van der Waals surface area contributed by atoms with Crippen molar-refractivity contribution in [2.75, 3.05) is 18.4 Å². The number of sulfonamides is 1. The smallest absolute Gasteiger partial charge is 0.296 e. The van der Waals surface area contributed by atoms with Gasteiger partial charge in [-0.2, -0.15) is 21.9 Å². The molecular weight excluding hydrogens is 566 g/mol. The van der Waals surface area contributed by atoms with Gasteiger partial charge in [0.1, 0.15) is 10.6 Å². The number of nitrogens with zero attached hydrogens (tertiary/aromatic N) is 2. The molecule has 0 heterocycles. The standard InChI is InChI=1S/C20H21N5O10S3/c1-11(26)23-16-10-15(37(30,31)32)7-12-8-17(38(33,34)35)19(20(27)18(12)16)25-24-13-3-2-4-14(9-13)36(28,29)22-6-5-21/h2-4,7-10,22,27H,5-6,21H2,1H3,(H,23,26)(H,30,31,32)(H,33,34,35). The van der Waals surface area contributed by atoms with E-state index in [1.54, 1.807) is 0 Å². The fourth-order valence-corrected chi connectivity index (χ4v) is 5.57. The number of anilines is 1. The number of hydrogen-bond acceptors (Lipinski definition) is 11. The van der Waals surface area contributed by atoms with Crippen LogP contribution in [-0.2, 0) is 35.1 Å². The van der Waals surface area contributed by atoms with Crippen LogP contribution in [0, 0.1) is 0 Å². The Hall–Kier alpha value is -3.52. The van der Waals surface area contributed by atoms with Gasteiger partial charge >= 0.3 is 0 Å². The van der Waals surface area contributed by atoms with E-state index in [9.17, 15) is 44.3 Å². The van der Waals surface area contributed by atoms with E-state index in [2.05, 4.69) is 20.3 Å². The van der Waals surface area contributed by atoms with Crippen molar-refractivity contribution in [3.63, 3.8) is 0 Å². The number of benzene rings is 3. The Bertz CT molecular complexity index is 1790. The van der Waals surface area contributed by atoms with E-state index in [-0.39, 0.29) is 40.1 Å². The monoisotopic (exact) mass is 587 g/mol. The molecule has 7 N–H and O–H groups in total. The van der Waals surface area contributed by atoms with Crippen LogP contribution in [0.25, 0.3) is 10.8 Å². The predicted octanol–water partition coefficient (Wildman–Crippen LogP) is 1.65. The van der Waals surface area contributed by atoms with Gasteiger partial charge < -0.3 is 16.2 Å². The van der Waals surface area contributed by atoms with Crippen LogP contribution < -0.4 is 15.8 Å². The van der Waals surface area contributed by atoms with Gasteiger partial charge in [-0.1, -0.05) is 6.07 Å². The van der Waals surface area contributed by atoms with Crippen molar-refractivity contribution in [1.29, 1.82) is 0 Å². The van der Waals surface area contributed by atoms with E-state index < -0.39 is 57.4 Å². The summed E-state index contributed by atoms with van der Waals surface area (Å²) in [6.45, 7) is 1.08. The summed E-state index contributed by atoms with van der Waals surface area (Å²) in [5.41, 5.74) is 4.07. The Kier molecular flexibility index (Phi) is 8.17. The number of azo groups is 1. The van der Waals surface area contributed by atoms with Crippen molar-refractivity contribution >= 4 is 64.0 Å². The second-order valence-corrected chi connectivity index (χ2v) is 12.2. The van der Waals surface area contributed by atoms with Gasteiger partial charge in [0.05, 0.1) is 21.2 Å². The number of hydrogen-bond donors (Lipinski definition) is 6. The van der Waals surface area contributed by atoms with Crippen LogP contribution in [-0.4, -0.2) is 58.5 Å². The maximum Gasteiger partial charge on any atom is 0.296 e. The van der Waals surface area contributed by atoms with Gasteiger partial charge in [0, 0.05) is 25.4 Å². The Balaban J connectivity index is 2.28. The van der Waals surface area contributed by atoms with Gasteiger partial charge in [0.15, 0.2) is 5.75 Å². The van der Waals surface area contributed by atoms with E-state index in [1.807, 2.05) is 0 Å². The molecule has 0 saturated carbocycles. The number of amides is 1. The average molecular weight is 588 g/mol. The average Bonchev–Trinajstić information content (AvgIpc) is 2.80. The number of nitrogens with one attached hydrogen (secondary N) is 2. The van der Waals surface area contributed by atoms with Crippen molar-refractivity contribution in [3.8, 4) is 5.75 Å². The summed E-state index contributed by atoms with van der Waals surface area (Å²) in [5, 5.41) is 20.0. The lowest BCUT2D eigenvalue weighted by Crippen LogP contribution is -2.29. The summed E-state index contributed by atoms with van der Waals surface area (Å²) in [6, 6.07) is 7.34. The van der Waals surface area contributed by atoms with E-state index in [4.69, 9.17) is 5.73 Å². The van der Waals surface area contributed by atoms with E-state index in [0.29, 0.717) is 0 Å². The SMILES string of the molecule is CC(=O)Nc1cc(S(=O)(=O)O)cc2cc(S(=O)(=O)O)c(N=Nc3cccc(S(=O)(=O)NCCN)c3)c(O)c12. The molecule has 0 fully saturated rings. The lowest BCUT2D eigenvalue weighted by molar-refractivity contribution is -0.114. The third kappa shape index (κ3) is 6.48. The Morgan fingerprint density at radius 3 is 2.21 bits per heavy atom. The minimum absolute atomic E-state index is 0.0350. The van der Waals surface area contributed by atoms with Crippen molar-refractivity contribution in [1.82, 2.24) is 4.72 Å². The van der Waals surface area contributed by atoms with Gasteiger partial charge in [0.25, 0.3) is 20.2 Å². The van der Waals surface area contributed by atoms with Crippen molar-refractivity contribution in [2.45, 2.75) is 21.6 Å². The van der Waals surface area contributed by atoms with Gasteiger partial charge in [0.2, 0.25) is 15.9 Å². The molecule has 18 heteroatoms. The largest absolute Gasteiger partial charge is 0.505 e. The molecule has 204 valence electrons. The van der Waals surface area contributed by atoms with E-state index >= 15 is 0 Å². The first-order valence-electron chi connectivity index (χ1n) is 10.3. The predicted molar refractivity (Wildman–Crippen MR) is 134 cm³/mol. The van der Waals surface area contributed by atoms with Gasteiger partial charge in [-0.15, -0.1) is 5.11 Å². The third-order valence-electron chi connectivity index (χ3n) is 4.84. The second kappa shape index (κ2) is 10.7. The van der Waals surface area contributed by atoms with Gasteiger partial charge in [-0.3, -0.25) is 13.9 Å². The lowest BCUT2D eigenvalue weighted by Gasteiger charge is -2.14. The van der Waals surface area contributed by atoms with Crippen molar-refractivity contribution in [3.05, 3.63) is 42.5 Å². The van der Waals surface area contributed by atoms with Crippen LogP contribution in [0.2, 0.25) is 0 Å². The number of fused-ring (bicyclic) bond motifs is 1. The molecule has 3 aromatic carbocycles. The molecule has 0 unspecified atom stereocenters. The summed E-state index contributed by atoms with van der Waals surface area (Å²) in [5.74, 6) is -1.64. The summed E-state index contributed by atoms with van der Waals surface area (Å²) >= 11 is 0. The normalized spacial score (nSPS) is 12.7. The molecule has 0 saturated heterocycles. The number of carbonyl (C=O) groups is 1. The third-order valence-corrected chi connectivity index (χ3v) is 8.00. The zero-order valence-electron chi connectivity index (χ0n) is 19.4. The second-order valence-electron chi connectivity index (χ2n) is 7.66. The minimum atomic E-state index is -5.11. The molecular formula is C20H21N5O10S3. The fraction of sp³-hybridized carbons (Fsp3) is 0.150. The maximum absolute atomic E-state index is 12.3. The number of phenolic OH excluding ortho intramolecular Hbond substituents is 1. The summed E-state index contributed by atoms with van der Waals surface area (Å²) in [7, 11) is -13.9. The summed E-state index contributed by atoms with van der Waals surface area (Å²) in [6.07, 6.45) is 0. The highest BCUT2D eigenvalue weighted by Gasteiger charge is 2.25. The summed E-state index contributed by atoms with van der Waals surface area (Å²) < 4.78 is 93.7. The molecule has 0 bridgehead atoms. The minimum Gasteiger partial charge on any atom is -0.505 e. The lowest BCUT2D eigenvalue weighted by atomic mass is 10.1. The molecule has 0 aromatic heterocycles. The van der Waals surface area contributed by atoms with Crippen LogP contribution in [0.3, 0.4) is 0 Å². The first kappa shape index (κ1) is 29.0.